The molecule has 3 rings (SSSR count). The van der Waals surface area contributed by atoms with Crippen LogP contribution >= 0.6 is 24.8 Å². The van der Waals surface area contributed by atoms with Crippen LogP contribution in [0.3, 0.4) is 0 Å². The standard InChI is InChI=1S/C16H24N4O.2ClH/c21-16(18-8-6-13-5-7-17-11-13)14-3-4-15(19-12-14)20-9-1-2-10-20;;/h3-4,12-13,17H,1-2,5-11H2,(H,18,21);2*1H. The zero-order valence-corrected chi connectivity index (χ0v) is 14.9. The van der Waals surface area contributed by atoms with Crippen molar-refractivity contribution in [2.24, 2.45) is 5.92 Å². The summed E-state index contributed by atoms with van der Waals surface area (Å²) in [6.45, 7) is 5.10. The SMILES string of the molecule is Cl.Cl.O=C(NCCC1CCNC1)c1ccc(N2CCCC2)nc1. The molecular formula is C16H26Cl2N4O. The van der Waals surface area contributed by atoms with E-state index in [9.17, 15) is 4.79 Å². The van der Waals surface area contributed by atoms with E-state index in [2.05, 4.69) is 20.5 Å². The Morgan fingerprint density at radius 2 is 2.09 bits per heavy atom. The van der Waals surface area contributed by atoms with Gasteiger partial charge in [0.05, 0.1) is 5.56 Å². The van der Waals surface area contributed by atoms with Gasteiger partial charge in [0, 0.05) is 25.8 Å². The minimum absolute atomic E-state index is 0. The van der Waals surface area contributed by atoms with E-state index >= 15 is 0 Å². The quantitative estimate of drug-likeness (QED) is 0.845. The number of halogens is 2. The second kappa shape index (κ2) is 9.96. The van der Waals surface area contributed by atoms with Crippen molar-refractivity contribution in [2.75, 3.05) is 37.6 Å². The van der Waals surface area contributed by atoms with Gasteiger partial charge >= 0.3 is 0 Å². The Bertz CT molecular complexity index is 471. The van der Waals surface area contributed by atoms with Crippen LogP contribution < -0.4 is 15.5 Å². The van der Waals surface area contributed by atoms with Gasteiger partial charge in [-0.3, -0.25) is 4.79 Å². The maximum absolute atomic E-state index is 12.1. The normalized spacial score (nSPS) is 19.8. The van der Waals surface area contributed by atoms with Crippen molar-refractivity contribution in [1.29, 1.82) is 0 Å². The van der Waals surface area contributed by atoms with Crippen LogP contribution in [0.5, 0.6) is 0 Å². The lowest BCUT2D eigenvalue weighted by Crippen LogP contribution is -2.26. The van der Waals surface area contributed by atoms with Crippen LogP contribution in [0.2, 0.25) is 0 Å². The average molecular weight is 361 g/mol. The van der Waals surface area contributed by atoms with Gasteiger partial charge in [0.2, 0.25) is 0 Å². The molecule has 2 fully saturated rings. The van der Waals surface area contributed by atoms with Gasteiger partial charge in [-0.05, 0) is 56.8 Å². The molecule has 1 unspecified atom stereocenters. The maximum atomic E-state index is 12.1. The molecule has 2 N–H and O–H groups in total. The molecule has 2 aliphatic heterocycles. The molecule has 0 aromatic carbocycles. The molecule has 0 bridgehead atoms. The Morgan fingerprint density at radius 3 is 2.70 bits per heavy atom. The Labute approximate surface area is 150 Å². The van der Waals surface area contributed by atoms with Gasteiger partial charge in [-0.2, -0.15) is 0 Å². The predicted octanol–water partition coefficient (Wildman–Crippen LogP) is 2.25. The molecule has 3 heterocycles. The largest absolute Gasteiger partial charge is 0.357 e. The summed E-state index contributed by atoms with van der Waals surface area (Å²) >= 11 is 0. The van der Waals surface area contributed by atoms with Crippen molar-refractivity contribution >= 4 is 36.5 Å². The van der Waals surface area contributed by atoms with Crippen molar-refractivity contribution in [3.05, 3.63) is 23.9 Å². The lowest BCUT2D eigenvalue weighted by molar-refractivity contribution is 0.0951. The number of carbonyl (C=O) groups excluding carboxylic acids is 1. The van der Waals surface area contributed by atoms with Crippen molar-refractivity contribution in [3.8, 4) is 0 Å². The van der Waals surface area contributed by atoms with Gasteiger partial charge in [-0.1, -0.05) is 0 Å². The van der Waals surface area contributed by atoms with Crippen molar-refractivity contribution < 1.29 is 4.79 Å². The molecule has 1 atom stereocenters. The molecule has 2 saturated heterocycles. The molecule has 0 aliphatic carbocycles. The monoisotopic (exact) mass is 360 g/mol. The summed E-state index contributed by atoms with van der Waals surface area (Å²) in [5.41, 5.74) is 0.655. The van der Waals surface area contributed by atoms with Crippen LogP contribution in [0.15, 0.2) is 18.3 Å². The summed E-state index contributed by atoms with van der Waals surface area (Å²) in [5.74, 6) is 1.68. The van der Waals surface area contributed by atoms with Crippen LogP contribution in [0, 0.1) is 5.92 Å². The molecule has 1 aromatic rings. The van der Waals surface area contributed by atoms with Crippen LogP contribution in [0.25, 0.3) is 0 Å². The summed E-state index contributed by atoms with van der Waals surface area (Å²) in [4.78, 5) is 18.8. The zero-order valence-electron chi connectivity index (χ0n) is 13.3. The number of hydrogen-bond acceptors (Lipinski definition) is 4. The van der Waals surface area contributed by atoms with E-state index < -0.39 is 0 Å². The topological polar surface area (TPSA) is 57.3 Å². The fourth-order valence-electron chi connectivity index (χ4n) is 3.11. The molecule has 2 aliphatic rings. The molecule has 5 nitrogen and oxygen atoms in total. The summed E-state index contributed by atoms with van der Waals surface area (Å²) in [5, 5.41) is 6.34. The molecule has 23 heavy (non-hydrogen) atoms. The highest BCUT2D eigenvalue weighted by atomic mass is 35.5. The van der Waals surface area contributed by atoms with Crippen molar-refractivity contribution in [2.45, 2.75) is 25.7 Å². The fourth-order valence-corrected chi connectivity index (χ4v) is 3.11. The van der Waals surface area contributed by atoms with E-state index in [1.54, 1.807) is 6.20 Å². The summed E-state index contributed by atoms with van der Waals surface area (Å²) in [6, 6.07) is 3.84. The molecule has 0 saturated carbocycles. The molecule has 7 heteroatoms. The zero-order chi connectivity index (χ0) is 14.5. The number of amides is 1. The molecule has 130 valence electrons. The first kappa shape index (κ1) is 20.0. The molecule has 1 amide bonds. The van der Waals surface area contributed by atoms with Crippen LogP contribution in [-0.2, 0) is 0 Å². The van der Waals surface area contributed by atoms with E-state index in [1.165, 1.54) is 19.3 Å². The van der Waals surface area contributed by atoms with Crippen molar-refractivity contribution in [1.82, 2.24) is 15.6 Å². The Kier molecular flexibility index (Phi) is 8.66. The maximum Gasteiger partial charge on any atom is 0.252 e. The first-order valence-corrected chi connectivity index (χ1v) is 8.03. The molecule has 0 radical (unpaired) electrons. The molecule has 0 spiro atoms. The Balaban J connectivity index is 0.00000132. The third-order valence-electron chi connectivity index (χ3n) is 4.44. The third kappa shape index (κ3) is 5.52. The Hall–Kier alpha value is -1.04. The minimum atomic E-state index is -0.0126. The van der Waals surface area contributed by atoms with Crippen LogP contribution in [0.4, 0.5) is 5.82 Å². The lowest BCUT2D eigenvalue weighted by atomic mass is 10.1. The fraction of sp³-hybridized carbons (Fsp3) is 0.625. The lowest BCUT2D eigenvalue weighted by Gasteiger charge is -2.16. The van der Waals surface area contributed by atoms with Crippen LogP contribution in [0.1, 0.15) is 36.0 Å². The third-order valence-corrected chi connectivity index (χ3v) is 4.44. The first-order valence-electron chi connectivity index (χ1n) is 8.03. The predicted molar refractivity (Wildman–Crippen MR) is 98.1 cm³/mol. The van der Waals surface area contributed by atoms with Gasteiger partial charge in [-0.15, -0.1) is 24.8 Å². The number of nitrogens with one attached hydrogen (secondary N) is 2. The van der Waals surface area contributed by atoms with Gasteiger partial charge < -0.3 is 15.5 Å². The van der Waals surface area contributed by atoms with Crippen LogP contribution in [-0.4, -0.2) is 43.6 Å². The highest BCUT2D eigenvalue weighted by molar-refractivity contribution is 5.94. The van der Waals surface area contributed by atoms with E-state index in [4.69, 9.17) is 0 Å². The number of pyridine rings is 1. The summed E-state index contributed by atoms with van der Waals surface area (Å²) < 4.78 is 0. The van der Waals surface area contributed by atoms with Gasteiger partial charge in [0.1, 0.15) is 5.82 Å². The van der Waals surface area contributed by atoms with E-state index in [1.807, 2.05) is 12.1 Å². The van der Waals surface area contributed by atoms with Gasteiger partial charge in [0.15, 0.2) is 0 Å². The van der Waals surface area contributed by atoms with E-state index in [-0.39, 0.29) is 30.7 Å². The van der Waals surface area contributed by atoms with E-state index in [0.717, 1.165) is 45.0 Å². The average Bonchev–Trinajstić information content (AvgIpc) is 3.21. The number of aromatic nitrogens is 1. The summed E-state index contributed by atoms with van der Waals surface area (Å²) in [7, 11) is 0. The highest BCUT2D eigenvalue weighted by Crippen LogP contribution is 2.17. The van der Waals surface area contributed by atoms with E-state index in [0.29, 0.717) is 11.5 Å². The number of hydrogen-bond donors (Lipinski definition) is 2. The summed E-state index contributed by atoms with van der Waals surface area (Å²) in [6.07, 6.45) is 6.44. The number of rotatable bonds is 5. The number of anilines is 1. The number of nitrogens with zero attached hydrogens (tertiary/aromatic N) is 2. The highest BCUT2D eigenvalue weighted by Gasteiger charge is 2.16. The second-order valence-electron chi connectivity index (χ2n) is 6.00. The van der Waals surface area contributed by atoms with Gasteiger partial charge in [-0.25, -0.2) is 4.98 Å². The first-order chi connectivity index (χ1) is 10.3. The second-order valence-corrected chi connectivity index (χ2v) is 6.00. The Morgan fingerprint density at radius 1 is 1.30 bits per heavy atom. The minimum Gasteiger partial charge on any atom is -0.357 e. The molecule has 1 aromatic heterocycles. The van der Waals surface area contributed by atoms with Gasteiger partial charge in [0.25, 0.3) is 5.91 Å². The molecular weight excluding hydrogens is 335 g/mol. The van der Waals surface area contributed by atoms with Crippen molar-refractivity contribution in [3.63, 3.8) is 0 Å². The smallest absolute Gasteiger partial charge is 0.252 e. The number of carbonyl (C=O) groups is 1.